The van der Waals surface area contributed by atoms with Crippen molar-refractivity contribution in [2.45, 2.75) is 58.7 Å². The maximum Gasteiger partial charge on any atom is 0.306 e. The highest BCUT2D eigenvalue weighted by Crippen LogP contribution is 2.26. The van der Waals surface area contributed by atoms with Crippen molar-refractivity contribution in [3.8, 4) is 0 Å². The average molecular weight is 282 g/mol. The minimum absolute atomic E-state index is 0.103. The molecule has 2 rings (SSSR count). The van der Waals surface area contributed by atoms with Gasteiger partial charge in [-0.25, -0.2) is 0 Å². The largest absolute Gasteiger partial charge is 0.481 e. The number of carbonyl (C=O) groups is 1. The Morgan fingerprint density at radius 1 is 1.40 bits per heavy atom. The standard InChI is InChI=1S/C14H22N2O4/c1-9(2)7-12-15-13(20-16-12)8-19-11-5-3-10(4-6-11)14(17)18/h9-11H,3-8H2,1-2H3,(H,17,18). The van der Waals surface area contributed by atoms with E-state index >= 15 is 0 Å². The molecule has 0 spiro atoms. The molecule has 0 unspecified atom stereocenters. The molecule has 1 heterocycles. The minimum Gasteiger partial charge on any atom is -0.481 e. The molecular weight excluding hydrogens is 260 g/mol. The van der Waals surface area contributed by atoms with E-state index in [-0.39, 0.29) is 12.0 Å². The van der Waals surface area contributed by atoms with Crippen LogP contribution in [0.25, 0.3) is 0 Å². The number of carboxylic acids is 1. The van der Waals surface area contributed by atoms with Gasteiger partial charge in [-0.3, -0.25) is 4.79 Å². The molecule has 0 amide bonds. The van der Waals surface area contributed by atoms with E-state index in [1.54, 1.807) is 0 Å². The van der Waals surface area contributed by atoms with Crippen LogP contribution in [0.1, 0.15) is 51.2 Å². The minimum atomic E-state index is -0.696. The van der Waals surface area contributed by atoms with E-state index in [0.29, 0.717) is 37.1 Å². The first kappa shape index (κ1) is 15.0. The molecule has 0 bridgehead atoms. The molecule has 0 saturated heterocycles. The number of nitrogens with zero attached hydrogens (tertiary/aromatic N) is 2. The van der Waals surface area contributed by atoms with Crippen molar-refractivity contribution in [1.82, 2.24) is 10.1 Å². The fourth-order valence-electron chi connectivity index (χ4n) is 2.46. The number of aromatic nitrogens is 2. The molecule has 6 heteroatoms. The van der Waals surface area contributed by atoms with Gasteiger partial charge < -0.3 is 14.4 Å². The summed E-state index contributed by atoms with van der Waals surface area (Å²) in [5.41, 5.74) is 0. The zero-order chi connectivity index (χ0) is 14.5. The van der Waals surface area contributed by atoms with Gasteiger partial charge in [-0.1, -0.05) is 19.0 Å². The number of aliphatic carboxylic acids is 1. The van der Waals surface area contributed by atoms with Gasteiger partial charge in [0.2, 0.25) is 0 Å². The van der Waals surface area contributed by atoms with Crippen LogP contribution in [0, 0.1) is 11.8 Å². The summed E-state index contributed by atoms with van der Waals surface area (Å²) < 4.78 is 10.9. The summed E-state index contributed by atoms with van der Waals surface area (Å²) in [6.07, 6.45) is 3.83. The van der Waals surface area contributed by atoms with Crippen molar-refractivity contribution in [3.63, 3.8) is 0 Å². The van der Waals surface area contributed by atoms with E-state index in [1.165, 1.54) is 0 Å². The number of carboxylic acid groups (broad SMARTS) is 1. The summed E-state index contributed by atoms with van der Waals surface area (Å²) in [5.74, 6) is 0.802. The molecule has 1 aromatic heterocycles. The van der Waals surface area contributed by atoms with Gasteiger partial charge in [0.05, 0.1) is 12.0 Å². The van der Waals surface area contributed by atoms with E-state index in [1.807, 2.05) is 0 Å². The first-order valence-electron chi connectivity index (χ1n) is 7.20. The lowest BCUT2D eigenvalue weighted by Crippen LogP contribution is -2.25. The molecule has 0 radical (unpaired) electrons. The lowest BCUT2D eigenvalue weighted by Gasteiger charge is -2.25. The zero-order valence-corrected chi connectivity index (χ0v) is 12.0. The highest BCUT2D eigenvalue weighted by atomic mass is 16.5. The molecule has 112 valence electrons. The summed E-state index contributed by atoms with van der Waals surface area (Å²) in [7, 11) is 0. The van der Waals surface area contributed by atoms with Crippen molar-refractivity contribution in [3.05, 3.63) is 11.7 Å². The van der Waals surface area contributed by atoms with E-state index < -0.39 is 5.97 Å². The molecule has 0 atom stereocenters. The number of ether oxygens (including phenoxy) is 1. The maximum absolute atomic E-state index is 10.9. The molecule has 0 aromatic carbocycles. The Labute approximate surface area is 118 Å². The van der Waals surface area contributed by atoms with Gasteiger partial charge in [-0.15, -0.1) is 0 Å². The van der Waals surface area contributed by atoms with Crippen molar-refractivity contribution in [2.24, 2.45) is 11.8 Å². The highest BCUT2D eigenvalue weighted by molar-refractivity contribution is 5.70. The maximum atomic E-state index is 10.9. The van der Waals surface area contributed by atoms with E-state index in [0.717, 1.165) is 19.3 Å². The fourth-order valence-corrected chi connectivity index (χ4v) is 2.46. The Morgan fingerprint density at radius 3 is 2.70 bits per heavy atom. The van der Waals surface area contributed by atoms with Gasteiger partial charge in [0.15, 0.2) is 5.82 Å². The van der Waals surface area contributed by atoms with Gasteiger partial charge in [0.1, 0.15) is 6.61 Å². The molecule has 1 N–H and O–H groups in total. The monoisotopic (exact) mass is 282 g/mol. The lowest BCUT2D eigenvalue weighted by molar-refractivity contribution is -0.144. The van der Waals surface area contributed by atoms with Crippen LogP contribution in [0.2, 0.25) is 0 Å². The van der Waals surface area contributed by atoms with Crippen molar-refractivity contribution in [1.29, 1.82) is 0 Å². The van der Waals surface area contributed by atoms with Crippen molar-refractivity contribution in [2.75, 3.05) is 0 Å². The van der Waals surface area contributed by atoms with Gasteiger partial charge in [-0.2, -0.15) is 4.98 Å². The van der Waals surface area contributed by atoms with Crippen LogP contribution in [0.5, 0.6) is 0 Å². The van der Waals surface area contributed by atoms with Crippen LogP contribution >= 0.6 is 0 Å². The van der Waals surface area contributed by atoms with Crippen LogP contribution in [0.3, 0.4) is 0 Å². The topological polar surface area (TPSA) is 85.5 Å². The predicted molar refractivity (Wildman–Crippen MR) is 71.0 cm³/mol. The summed E-state index contributed by atoms with van der Waals surface area (Å²) >= 11 is 0. The number of hydrogen-bond donors (Lipinski definition) is 1. The number of rotatable bonds is 6. The molecular formula is C14H22N2O4. The Bertz CT molecular complexity index is 436. The highest BCUT2D eigenvalue weighted by Gasteiger charge is 2.26. The summed E-state index contributed by atoms with van der Waals surface area (Å²) in [4.78, 5) is 15.1. The third-order valence-corrected chi connectivity index (χ3v) is 3.57. The van der Waals surface area contributed by atoms with Crippen LogP contribution in [0.15, 0.2) is 4.52 Å². The normalized spacial score (nSPS) is 23.1. The second-order valence-corrected chi connectivity index (χ2v) is 5.83. The van der Waals surface area contributed by atoms with Gasteiger partial charge in [-0.05, 0) is 31.6 Å². The second kappa shape index (κ2) is 6.83. The summed E-state index contributed by atoms with van der Waals surface area (Å²) in [6.45, 7) is 4.52. The summed E-state index contributed by atoms with van der Waals surface area (Å²) in [5, 5.41) is 12.8. The second-order valence-electron chi connectivity index (χ2n) is 5.83. The smallest absolute Gasteiger partial charge is 0.306 e. The van der Waals surface area contributed by atoms with E-state index in [4.69, 9.17) is 14.4 Å². The van der Waals surface area contributed by atoms with Crippen molar-refractivity contribution < 1.29 is 19.2 Å². The first-order valence-corrected chi connectivity index (χ1v) is 7.20. The Morgan fingerprint density at radius 2 is 2.10 bits per heavy atom. The molecule has 1 saturated carbocycles. The molecule has 1 aliphatic carbocycles. The SMILES string of the molecule is CC(C)Cc1noc(COC2CCC(C(=O)O)CC2)n1. The first-order chi connectivity index (χ1) is 9.54. The molecule has 6 nitrogen and oxygen atoms in total. The molecule has 1 aromatic rings. The van der Waals surface area contributed by atoms with Crippen LogP contribution < -0.4 is 0 Å². The van der Waals surface area contributed by atoms with Gasteiger partial charge in [0, 0.05) is 6.42 Å². The van der Waals surface area contributed by atoms with Crippen LogP contribution in [0.4, 0.5) is 0 Å². The number of hydrogen-bond acceptors (Lipinski definition) is 5. The molecule has 1 fully saturated rings. The van der Waals surface area contributed by atoms with Gasteiger partial charge >= 0.3 is 5.97 Å². The molecule has 20 heavy (non-hydrogen) atoms. The van der Waals surface area contributed by atoms with Crippen molar-refractivity contribution >= 4 is 5.97 Å². The fraction of sp³-hybridized carbons (Fsp3) is 0.786. The third-order valence-electron chi connectivity index (χ3n) is 3.57. The average Bonchev–Trinajstić information content (AvgIpc) is 2.83. The van der Waals surface area contributed by atoms with E-state index in [2.05, 4.69) is 24.0 Å². The Kier molecular flexibility index (Phi) is 5.11. The van der Waals surface area contributed by atoms with Gasteiger partial charge in [0.25, 0.3) is 5.89 Å². The zero-order valence-electron chi connectivity index (χ0n) is 12.0. The molecule has 0 aliphatic heterocycles. The molecule has 1 aliphatic rings. The quantitative estimate of drug-likeness (QED) is 0.862. The third kappa shape index (κ3) is 4.30. The van der Waals surface area contributed by atoms with E-state index in [9.17, 15) is 4.79 Å². The Hall–Kier alpha value is -1.43. The van der Waals surface area contributed by atoms with Crippen LogP contribution in [-0.4, -0.2) is 27.3 Å². The Balaban J connectivity index is 1.73. The predicted octanol–water partition coefficient (Wildman–Crippen LogP) is 2.43. The lowest BCUT2D eigenvalue weighted by atomic mass is 9.87. The van der Waals surface area contributed by atoms with Crippen LogP contribution in [-0.2, 0) is 22.6 Å². The summed E-state index contributed by atoms with van der Waals surface area (Å²) in [6, 6.07) is 0.